The first-order valence-electron chi connectivity index (χ1n) is 5.70. The van der Waals surface area contributed by atoms with Crippen LogP contribution in [0.5, 0.6) is 0 Å². The van der Waals surface area contributed by atoms with Gasteiger partial charge in [-0.3, -0.25) is 0 Å². The van der Waals surface area contributed by atoms with Gasteiger partial charge < -0.3 is 15.6 Å². The number of aromatic nitrogens is 2. The van der Waals surface area contributed by atoms with Crippen molar-refractivity contribution in [3.8, 4) is 0 Å². The Bertz CT molecular complexity index is 280. The van der Waals surface area contributed by atoms with E-state index in [9.17, 15) is 0 Å². The van der Waals surface area contributed by atoms with Crippen molar-refractivity contribution in [3.63, 3.8) is 0 Å². The van der Waals surface area contributed by atoms with Crippen molar-refractivity contribution in [2.45, 2.75) is 45.7 Å². The number of hydrogen-bond donors (Lipinski definition) is 2. The fraction of sp³-hybridized carbons (Fsp3) is 0.727. The van der Waals surface area contributed by atoms with Crippen LogP contribution in [0, 0.1) is 0 Å². The third-order valence-corrected chi connectivity index (χ3v) is 3.18. The predicted octanol–water partition coefficient (Wildman–Crippen LogP) is 1.83. The highest BCUT2D eigenvalue weighted by atomic mass is 15.2. The number of imidazole rings is 1. The quantitative estimate of drug-likeness (QED) is 0.753. The van der Waals surface area contributed by atoms with Gasteiger partial charge in [-0.2, -0.15) is 0 Å². The van der Waals surface area contributed by atoms with Gasteiger partial charge in [0, 0.05) is 25.5 Å². The summed E-state index contributed by atoms with van der Waals surface area (Å²) >= 11 is 0. The molecule has 0 radical (unpaired) electrons. The number of rotatable bonds is 6. The molecule has 1 heterocycles. The molecule has 0 amide bonds. The summed E-state index contributed by atoms with van der Waals surface area (Å²) in [5.74, 6) is 0.923. The molecule has 0 bridgehead atoms. The molecular weight excluding hydrogens is 188 g/mol. The average Bonchev–Trinajstić information content (AvgIpc) is 2.73. The first kappa shape index (κ1) is 12.0. The summed E-state index contributed by atoms with van der Waals surface area (Å²) in [4.78, 5) is 4.31. The minimum Gasteiger partial charge on any atom is -0.349 e. The van der Waals surface area contributed by atoms with Gasteiger partial charge in [0.1, 0.15) is 0 Å². The summed E-state index contributed by atoms with van der Waals surface area (Å²) in [5, 5.41) is 3.47. The van der Waals surface area contributed by atoms with Crippen LogP contribution in [0.2, 0.25) is 0 Å². The topological polar surface area (TPSA) is 55.9 Å². The fourth-order valence-corrected chi connectivity index (χ4v) is 1.69. The van der Waals surface area contributed by atoms with Crippen molar-refractivity contribution >= 4 is 5.95 Å². The normalized spacial score (nSPS) is 11.7. The Morgan fingerprint density at radius 3 is 2.53 bits per heavy atom. The van der Waals surface area contributed by atoms with Crippen LogP contribution in [-0.4, -0.2) is 21.6 Å². The Kier molecular flexibility index (Phi) is 4.15. The monoisotopic (exact) mass is 210 g/mol. The van der Waals surface area contributed by atoms with E-state index in [0.717, 1.165) is 25.3 Å². The van der Waals surface area contributed by atoms with E-state index in [1.807, 2.05) is 12.4 Å². The van der Waals surface area contributed by atoms with Gasteiger partial charge >= 0.3 is 0 Å². The van der Waals surface area contributed by atoms with Crippen LogP contribution in [-0.2, 0) is 6.54 Å². The molecule has 1 aromatic heterocycles. The average molecular weight is 210 g/mol. The second-order valence-corrected chi connectivity index (χ2v) is 3.85. The van der Waals surface area contributed by atoms with Crippen molar-refractivity contribution in [1.82, 2.24) is 9.55 Å². The van der Waals surface area contributed by atoms with Gasteiger partial charge in [0.05, 0.1) is 5.54 Å². The van der Waals surface area contributed by atoms with Crippen LogP contribution in [0.25, 0.3) is 0 Å². The predicted molar refractivity (Wildman–Crippen MR) is 63.9 cm³/mol. The van der Waals surface area contributed by atoms with Gasteiger partial charge in [-0.05, 0) is 19.8 Å². The van der Waals surface area contributed by atoms with Crippen LogP contribution in [0.3, 0.4) is 0 Å². The number of anilines is 1. The van der Waals surface area contributed by atoms with Gasteiger partial charge in [-0.25, -0.2) is 4.98 Å². The van der Waals surface area contributed by atoms with Crippen molar-refractivity contribution in [2.75, 3.05) is 11.9 Å². The van der Waals surface area contributed by atoms with Gasteiger partial charge in [-0.1, -0.05) is 13.8 Å². The highest BCUT2D eigenvalue weighted by Crippen LogP contribution is 2.19. The molecule has 0 saturated carbocycles. The maximum Gasteiger partial charge on any atom is 0.203 e. The Morgan fingerprint density at radius 1 is 1.40 bits per heavy atom. The largest absolute Gasteiger partial charge is 0.349 e. The lowest BCUT2D eigenvalue weighted by molar-refractivity contribution is 0.439. The summed E-state index contributed by atoms with van der Waals surface area (Å²) in [6.45, 7) is 7.98. The lowest BCUT2D eigenvalue weighted by Crippen LogP contribution is -2.45. The summed E-state index contributed by atoms with van der Waals surface area (Å²) in [6, 6.07) is 0. The SMILES string of the molecule is CCn1ccnc1NC(CC)(CC)CN. The Morgan fingerprint density at radius 2 is 2.07 bits per heavy atom. The minimum absolute atomic E-state index is 0.0156. The molecule has 1 aromatic rings. The van der Waals surface area contributed by atoms with E-state index in [1.165, 1.54) is 0 Å². The van der Waals surface area contributed by atoms with Crippen molar-refractivity contribution in [2.24, 2.45) is 5.73 Å². The third-order valence-electron chi connectivity index (χ3n) is 3.18. The van der Waals surface area contributed by atoms with E-state index in [2.05, 4.69) is 35.6 Å². The van der Waals surface area contributed by atoms with Gasteiger partial charge in [0.25, 0.3) is 0 Å². The molecule has 0 aromatic carbocycles. The fourth-order valence-electron chi connectivity index (χ4n) is 1.69. The van der Waals surface area contributed by atoms with Crippen molar-refractivity contribution in [3.05, 3.63) is 12.4 Å². The molecule has 0 aliphatic rings. The number of nitrogens with one attached hydrogen (secondary N) is 1. The zero-order valence-electron chi connectivity index (χ0n) is 9.95. The molecule has 1 rings (SSSR count). The maximum absolute atomic E-state index is 5.84. The van der Waals surface area contributed by atoms with Crippen molar-refractivity contribution < 1.29 is 0 Å². The minimum atomic E-state index is -0.0156. The molecule has 0 aliphatic heterocycles. The molecule has 3 N–H and O–H groups in total. The highest BCUT2D eigenvalue weighted by molar-refractivity contribution is 5.31. The van der Waals surface area contributed by atoms with E-state index < -0.39 is 0 Å². The molecule has 0 unspecified atom stereocenters. The van der Waals surface area contributed by atoms with Gasteiger partial charge in [-0.15, -0.1) is 0 Å². The molecule has 0 fully saturated rings. The molecular formula is C11H22N4. The smallest absolute Gasteiger partial charge is 0.203 e. The Labute approximate surface area is 91.9 Å². The molecule has 0 atom stereocenters. The second-order valence-electron chi connectivity index (χ2n) is 3.85. The summed E-state index contributed by atoms with van der Waals surface area (Å²) in [6.07, 6.45) is 5.82. The number of nitrogens with two attached hydrogens (primary N) is 1. The summed E-state index contributed by atoms with van der Waals surface area (Å²) < 4.78 is 2.09. The molecule has 0 spiro atoms. The van der Waals surface area contributed by atoms with Crippen LogP contribution in [0.15, 0.2) is 12.4 Å². The standard InChI is InChI=1S/C11H22N4/c1-4-11(5-2,9-12)14-10-13-7-8-15(10)6-3/h7-8H,4-6,9,12H2,1-3H3,(H,13,14). The Balaban J connectivity index is 2.82. The summed E-state index contributed by atoms with van der Waals surface area (Å²) in [7, 11) is 0. The van der Waals surface area contributed by atoms with E-state index in [-0.39, 0.29) is 5.54 Å². The number of hydrogen-bond acceptors (Lipinski definition) is 3. The first-order chi connectivity index (χ1) is 7.21. The lowest BCUT2D eigenvalue weighted by Gasteiger charge is -2.32. The molecule has 15 heavy (non-hydrogen) atoms. The van der Waals surface area contributed by atoms with E-state index in [4.69, 9.17) is 5.73 Å². The van der Waals surface area contributed by atoms with Crippen LogP contribution in [0.4, 0.5) is 5.95 Å². The maximum atomic E-state index is 5.84. The number of aryl methyl sites for hydroxylation is 1. The van der Waals surface area contributed by atoms with Gasteiger partial charge in [0.15, 0.2) is 0 Å². The second kappa shape index (κ2) is 5.16. The third kappa shape index (κ3) is 2.50. The van der Waals surface area contributed by atoms with E-state index in [0.29, 0.717) is 6.54 Å². The zero-order valence-corrected chi connectivity index (χ0v) is 9.95. The molecule has 0 saturated heterocycles. The van der Waals surface area contributed by atoms with Gasteiger partial charge in [0.2, 0.25) is 5.95 Å². The molecule has 4 heteroatoms. The molecule has 0 aliphatic carbocycles. The zero-order chi connectivity index (χ0) is 11.3. The van der Waals surface area contributed by atoms with E-state index >= 15 is 0 Å². The summed E-state index contributed by atoms with van der Waals surface area (Å²) in [5.41, 5.74) is 5.82. The first-order valence-corrected chi connectivity index (χ1v) is 5.70. The van der Waals surface area contributed by atoms with E-state index in [1.54, 1.807) is 0 Å². The molecule has 4 nitrogen and oxygen atoms in total. The molecule has 86 valence electrons. The van der Waals surface area contributed by atoms with Crippen LogP contribution >= 0.6 is 0 Å². The lowest BCUT2D eigenvalue weighted by atomic mass is 9.93. The van der Waals surface area contributed by atoms with Crippen molar-refractivity contribution in [1.29, 1.82) is 0 Å². The number of nitrogens with zero attached hydrogens (tertiary/aromatic N) is 2. The van der Waals surface area contributed by atoms with Crippen LogP contribution < -0.4 is 11.1 Å². The Hall–Kier alpha value is -1.03. The highest BCUT2D eigenvalue weighted by Gasteiger charge is 2.25. The van der Waals surface area contributed by atoms with Crippen LogP contribution in [0.1, 0.15) is 33.6 Å².